The van der Waals surface area contributed by atoms with Crippen molar-refractivity contribution in [1.82, 2.24) is 5.32 Å². The summed E-state index contributed by atoms with van der Waals surface area (Å²) in [5.41, 5.74) is 1.34. The summed E-state index contributed by atoms with van der Waals surface area (Å²) >= 11 is 1.82. The fourth-order valence-electron chi connectivity index (χ4n) is 2.74. The molecule has 0 spiro atoms. The van der Waals surface area contributed by atoms with Gasteiger partial charge in [-0.2, -0.15) is 0 Å². The summed E-state index contributed by atoms with van der Waals surface area (Å²) in [6.45, 7) is 2.86. The van der Waals surface area contributed by atoms with Crippen LogP contribution in [-0.2, 0) is 4.74 Å². The van der Waals surface area contributed by atoms with Gasteiger partial charge in [0.1, 0.15) is 0 Å². The largest absolute Gasteiger partial charge is 0.381 e. The highest BCUT2D eigenvalue weighted by Crippen LogP contribution is 2.26. The number of ether oxygens (including phenoxy) is 1. The van der Waals surface area contributed by atoms with E-state index in [4.69, 9.17) is 4.74 Å². The molecule has 1 aromatic heterocycles. The molecule has 1 aliphatic heterocycles. The predicted molar refractivity (Wildman–Crippen MR) is 84.1 cm³/mol. The summed E-state index contributed by atoms with van der Waals surface area (Å²) in [5, 5.41) is 5.89. The van der Waals surface area contributed by atoms with Crippen LogP contribution in [0, 0.1) is 5.92 Å². The molecule has 2 unspecified atom stereocenters. The van der Waals surface area contributed by atoms with Crippen LogP contribution in [0.1, 0.15) is 29.3 Å². The molecule has 1 aromatic carbocycles. The van der Waals surface area contributed by atoms with Crippen molar-refractivity contribution >= 4 is 11.3 Å². The van der Waals surface area contributed by atoms with E-state index in [0.717, 1.165) is 19.8 Å². The van der Waals surface area contributed by atoms with Crippen LogP contribution in [-0.4, -0.2) is 19.8 Å². The SMILES string of the molecule is c1ccc(C(NCC2CCCOC2)c2cccs2)cc1. The van der Waals surface area contributed by atoms with Crippen LogP contribution in [0.15, 0.2) is 47.8 Å². The van der Waals surface area contributed by atoms with Crippen molar-refractivity contribution in [3.8, 4) is 0 Å². The Morgan fingerprint density at radius 2 is 2.10 bits per heavy atom. The van der Waals surface area contributed by atoms with Crippen molar-refractivity contribution in [3.05, 3.63) is 58.3 Å². The number of hydrogen-bond donors (Lipinski definition) is 1. The number of benzene rings is 1. The van der Waals surface area contributed by atoms with Crippen molar-refractivity contribution < 1.29 is 4.74 Å². The minimum absolute atomic E-state index is 0.304. The molecule has 2 aromatic rings. The zero-order chi connectivity index (χ0) is 13.6. The molecule has 1 fully saturated rings. The molecule has 3 heteroatoms. The molecule has 0 bridgehead atoms. The van der Waals surface area contributed by atoms with E-state index in [-0.39, 0.29) is 0 Å². The van der Waals surface area contributed by atoms with Crippen molar-refractivity contribution in [1.29, 1.82) is 0 Å². The van der Waals surface area contributed by atoms with Crippen molar-refractivity contribution in [3.63, 3.8) is 0 Å². The van der Waals surface area contributed by atoms with Crippen LogP contribution in [0.2, 0.25) is 0 Å². The highest BCUT2D eigenvalue weighted by Gasteiger charge is 2.18. The maximum Gasteiger partial charge on any atom is 0.0671 e. The van der Waals surface area contributed by atoms with Gasteiger partial charge in [-0.25, -0.2) is 0 Å². The Labute approximate surface area is 124 Å². The lowest BCUT2D eigenvalue weighted by molar-refractivity contribution is 0.0542. The first kappa shape index (κ1) is 13.8. The quantitative estimate of drug-likeness (QED) is 0.902. The summed E-state index contributed by atoms with van der Waals surface area (Å²) in [4.78, 5) is 1.38. The Morgan fingerprint density at radius 1 is 1.20 bits per heavy atom. The normalized spacial score (nSPS) is 20.7. The minimum atomic E-state index is 0.304. The molecule has 2 heterocycles. The van der Waals surface area contributed by atoms with E-state index in [1.54, 1.807) is 0 Å². The molecule has 1 aliphatic rings. The molecule has 0 amide bonds. The van der Waals surface area contributed by atoms with E-state index < -0.39 is 0 Å². The second-order valence-electron chi connectivity index (χ2n) is 5.35. The van der Waals surface area contributed by atoms with Crippen LogP contribution < -0.4 is 5.32 Å². The topological polar surface area (TPSA) is 21.3 Å². The van der Waals surface area contributed by atoms with Crippen molar-refractivity contribution in [2.75, 3.05) is 19.8 Å². The monoisotopic (exact) mass is 287 g/mol. The average Bonchev–Trinajstić information content (AvgIpc) is 3.04. The maximum absolute atomic E-state index is 5.57. The van der Waals surface area contributed by atoms with E-state index in [1.807, 2.05) is 11.3 Å². The first-order chi connectivity index (χ1) is 9.93. The summed E-state index contributed by atoms with van der Waals surface area (Å²) < 4.78 is 5.57. The number of rotatable bonds is 5. The van der Waals surface area contributed by atoms with Crippen LogP contribution >= 0.6 is 11.3 Å². The smallest absolute Gasteiger partial charge is 0.0671 e. The summed E-state index contributed by atoms with van der Waals surface area (Å²) in [7, 11) is 0. The molecule has 0 saturated carbocycles. The van der Waals surface area contributed by atoms with Gasteiger partial charge in [-0.05, 0) is 35.8 Å². The van der Waals surface area contributed by atoms with Gasteiger partial charge >= 0.3 is 0 Å². The third kappa shape index (κ3) is 3.48. The Balaban J connectivity index is 1.69. The molecule has 1 saturated heterocycles. The second kappa shape index (κ2) is 7.02. The summed E-state index contributed by atoms with van der Waals surface area (Å²) in [5.74, 6) is 0.648. The highest BCUT2D eigenvalue weighted by atomic mass is 32.1. The van der Waals surface area contributed by atoms with Gasteiger partial charge in [-0.1, -0.05) is 36.4 Å². The van der Waals surface area contributed by atoms with Gasteiger partial charge in [0, 0.05) is 18.0 Å². The molecule has 0 aliphatic carbocycles. The lowest BCUT2D eigenvalue weighted by Gasteiger charge is -2.25. The molecular formula is C17H21NOS. The molecule has 106 valence electrons. The minimum Gasteiger partial charge on any atom is -0.381 e. The molecule has 2 atom stereocenters. The van der Waals surface area contributed by atoms with E-state index in [0.29, 0.717) is 12.0 Å². The standard InChI is InChI=1S/C17H21NOS/c1-2-7-15(8-3-1)17(16-9-5-11-20-16)18-12-14-6-4-10-19-13-14/h1-3,5,7-9,11,14,17-18H,4,6,10,12-13H2. The summed E-state index contributed by atoms with van der Waals surface area (Å²) in [6.07, 6.45) is 2.47. The van der Waals surface area contributed by atoms with Crippen LogP contribution in [0.3, 0.4) is 0 Å². The Hall–Kier alpha value is -1.16. The lowest BCUT2D eigenvalue weighted by Crippen LogP contribution is -2.32. The fraction of sp³-hybridized carbons (Fsp3) is 0.412. The highest BCUT2D eigenvalue weighted by molar-refractivity contribution is 7.10. The average molecular weight is 287 g/mol. The van der Waals surface area contributed by atoms with E-state index in [9.17, 15) is 0 Å². The zero-order valence-corrected chi connectivity index (χ0v) is 12.4. The number of hydrogen-bond acceptors (Lipinski definition) is 3. The van der Waals surface area contributed by atoms with Crippen molar-refractivity contribution in [2.45, 2.75) is 18.9 Å². The van der Waals surface area contributed by atoms with E-state index >= 15 is 0 Å². The molecule has 1 N–H and O–H groups in total. The first-order valence-electron chi connectivity index (χ1n) is 7.33. The molecular weight excluding hydrogens is 266 g/mol. The fourth-order valence-corrected chi connectivity index (χ4v) is 3.56. The third-order valence-corrected chi connectivity index (χ3v) is 4.76. The van der Waals surface area contributed by atoms with Crippen LogP contribution in [0.4, 0.5) is 0 Å². The Morgan fingerprint density at radius 3 is 2.80 bits per heavy atom. The van der Waals surface area contributed by atoms with Crippen LogP contribution in [0.5, 0.6) is 0 Å². The van der Waals surface area contributed by atoms with Gasteiger partial charge in [0.15, 0.2) is 0 Å². The third-order valence-electron chi connectivity index (χ3n) is 3.83. The van der Waals surface area contributed by atoms with Crippen LogP contribution in [0.25, 0.3) is 0 Å². The van der Waals surface area contributed by atoms with Gasteiger partial charge in [0.2, 0.25) is 0 Å². The zero-order valence-electron chi connectivity index (χ0n) is 11.6. The number of thiophene rings is 1. The van der Waals surface area contributed by atoms with Gasteiger partial charge < -0.3 is 10.1 Å². The second-order valence-corrected chi connectivity index (χ2v) is 6.33. The maximum atomic E-state index is 5.57. The molecule has 0 radical (unpaired) electrons. The van der Waals surface area contributed by atoms with Gasteiger partial charge in [0.05, 0.1) is 12.6 Å². The Bertz CT molecular complexity index is 491. The molecule has 3 rings (SSSR count). The van der Waals surface area contributed by atoms with Crippen molar-refractivity contribution in [2.24, 2.45) is 5.92 Å². The Kier molecular flexibility index (Phi) is 4.85. The summed E-state index contributed by atoms with van der Waals surface area (Å²) in [6, 6.07) is 15.3. The first-order valence-corrected chi connectivity index (χ1v) is 8.21. The van der Waals surface area contributed by atoms with E-state index in [1.165, 1.54) is 23.3 Å². The van der Waals surface area contributed by atoms with Gasteiger partial charge in [-0.3, -0.25) is 0 Å². The van der Waals surface area contributed by atoms with Gasteiger partial charge in [0.25, 0.3) is 0 Å². The lowest BCUT2D eigenvalue weighted by atomic mass is 10.00. The predicted octanol–water partition coefficient (Wildman–Crippen LogP) is 3.85. The molecule has 2 nitrogen and oxygen atoms in total. The molecule has 20 heavy (non-hydrogen) atoms. The number of nitrogens with one attached hydrogen (secondary N) is 1. The van der Waals surface area contributed by atoms with Gasteiger partial charge in [-0.15, -0.1) is 11.3 Å². The van der Waals surface area contributed by atoms with E-state index in [2.05, 4.69) is 53.2 Å².